The number of hydrogen-bond acceptors (Lipinski definition) is 20. The van der Waals surface area contributed by atoms with Gasteiger partial charge in [-0.3, -0.25) is 72.1 Å². The van der Waals surface area contributed by atoms with Gasteiger partial charge in [0.15, 0.2) is 11.6 Å². The Labute approximate surface area is 702 Å². The molecule has 0 spiro atoms. The Kier molecular flexibility index (Phi) is 43.6. The number of aromatic hydroxyl groups is 1. The highest BCUT2D eigenvalue weighted by atomic mass is 16.6. The maximum absolute atomic E-state index is 14.2. The number of nitrogens with zero attached hydrogens (tertiary/aromatic N) is 6. The molecule has 0 aromatic heterocycles. The Morgan fingerprint density at radius 3 is 1.75 bits per heavy atom. The summed E-state index contributed by atoms with van der Waals surface area (Å²) < 4.78 is 5.65. The van der Waals surface area contributed by atoms with E-state index in [1.807, 2.05) is 74.5 Å². The van der Waals surface area contributed by atoms with Crippen LogP contribution in [-0.2, 0) is 78.3 Å². The zero-order valence-corrected chi connectivity index (χ0v) is 75.6. The molecule has 0 saturated carbocycles. The van der Waals surface area contributed by atoms with Crippen molar-refractivity contribution in [2.24, 2.45) is 58.7 Å². The van der Waals surface area contributed by atoms with Gasteiger partial charge in [-0.25, -0.2) is 5.43 Å². The van der Waals surface area contributed by atoms with E-state index in [-0.39, 0.29) is 112 Å². The van der Waals surface area contributed by atoms with E-state index < -0.39 is 119 Å². The number of hydrazine groups is 1. The van der Waals surface area contributed by atoms with Crippen molar-refractivity contribution < 1.29 is 92.3 Å². The number of benzene rings is 1. The van der Waals surface area contributed by atoms with Crippen LogP contribution in [0, 0.1) is 58.7 Å². The fourth-order valence-electron chi connectivity index (χ4n) is 14.5. The molecule has 0 aliphatic carbocycles. The highest BCUT2D eigenvalue weighted by molar-refractivity contribution is 6.38. The highest BCUT2D eigenvalue weighted by Gasteiger charge is 2.55. The molecule has 118 heavy (non-hydrogen) atoms. The first-order valence-corrected chi connectivity index (χ1v) is 42.3. The SMILES string of the molecule is C/C=C/C[C@@H](C)[C@@H](O)[C@@H](C(=O)NC(CC)C(=O)NC)N(C)C(=O)[C@H](C(C)C)N(C)C(=O)[C@H](CC(C)C)N(C)C(=O)C(C)C.C=C(O)C1CCCN(C(=O)[C@H](Cc2cccc(O)c2)NC(=O)[C@@H](NC(=O)C(C)C)C(C)C)N1.CC(=O)[C@@H]1CCCCN1C(=O)C(=O)C(C)(C)C(C)C.CC(=O)[C@@H]1CCCN1C(=O)C1(O)OC(C(C)C)CC[C@@H](C)C1=O. The molecule has 4 heterocycles. The van der Waals surface area contributed by atoms with Gasteiger partial charge in [0.2, 0.25) is 52.9 Å². The number of likely N-dealkylation sites (tertiary alicyclic amines) is 2. The van der Waals surface area contributed by atoms with Gasteiger partial charge < -0.3 is 70.9 Å². The molecule has 1 aromatic rings. The lowest BCUT2D eigenvalue weighted by atomic mass is 9.76. The first-order chi connectivity index (χ1) is 54.7. The monoisotopic (exact) mass is 1660 g/mol. The van der Waals surface area contributed by atoms with Gasteiger partial charge in [0.05, 0.1) is 30.3 Å². The fraction of sp³-hybridized carbons (Fsp3) is 0.727. The Hall–Kier alpha value is -8.48. The smallest absolute Gasteiger partial charge is 0.309 e. The van der Waals surface area contributed by atoms with E-state index in [0.29, 0.717) is 89.4 Å². The molecule has 30 nitrogen and oxygen atoms in total. The van der Waals surface area contributed by atoms with Crippen LogP contribution in [0.1, 0.15) is 235 Å². The Morgan fingerprint density at radius 2 is 1.25 bits per heavy atom. The van der Waals surface area contributed by atoms with E-state index in [1.54, 1.807) is 102 Å². The number of hydrogen-bond donors (Lipinski definition) is 9. The molecule has 4 saturated heterocycles. The van der Waals surface area contributed by atoms with E-state index in [4.69, 9.17) is 4.74 Å². The number of carbonyl (C=O) groups excluding carboxylic acids is 14. The summed E-state index contributed by atoms with van der Waals surface area (Å²) in [5, 5.41) is 54.0. The van der Waals surface area contributed by atoms with Gasteiger partial charge in [0.25, 0.3) is 17.7 Å². The summed E-state index contributed by atoms with van der Waals surface area (Å²) in [6.07, 6.45) is 9.66. The summed E-state index contributed by atoms with van der Waals surface area (Å²) in [6.45, 7) is 44.4. The van der Waals surface area contributed by atoms with Crippen LogP contribution in [0.25, 0.3) is 0 Å². The molecule has 0 bridgehead atoms. The minimum absolute atomic E-state index is 0.0248. The maximum atomic E-state index is 14.2. The number of aliphatic hydroxyl groups excluding tert-OH is 2. The molecule has 4 aliphatic heterocycles. The molecule has 4 unspecified atom stereocenters. The quantitative estimate of drug-likeness (QED) is 0.0141. The van der Waals surface area contributed by atoms with Crippen LogP contribution < -0.4 is 26.7 Å². The van der Waals surface area contributed by atoms with Crippen molar-refractivity contribution in [1.29, 1.82) is 0 Å². The number of phenolic OH excluding ortho intramolecular Hbond substituents is 1. The number of ether oxygens (including phenoxy) is 1. The number of phenols is 1. The summed E-state index contributed by atoms with van der Waals surface area (Å²) in [5.41, 5.74) is 2.95. The fourth-order valence-corrected chi connectivity index (χ4v) is 14.5. The van der Waals surface area contributed by atoms with Crippen molar-refractivity contribution >= 4 is 82.2 Å². The predicted octanol–water partition coefficient (Wildman–Crippen LogP) is 7.72. The van der Waals surface area contributed by atoms with Crippen LogP contribution in [0.4, 0.5) is 0 Å². The van der Waals surface area contributed by atoms with Crippen molar-refractivity contribution in [3.05, 3.63) is 54.3 Å². The van der Waals surface area contributed by atoms with E-state index in [0.717, 1.165) is 12.8 Å². The number of nitrogens with one attached hydrogen (secondary N) is 5. The van der Waals surface area contributed by atoms with Gasteiger partial charge in [-0.1, -0.05) is 162 Å². The number of amides is 10. The second-order valence-electron chi connectivity index (χ2n) is 35.2. The van der Waals surface area contributed by atoms with Gasteiger partial charge in [-0.15, -0.1) is 0 Å². The second-order valence-corrected chi connectivity index (χ2v) is 35.2. The Balaban J connectivity index is 0.000000557. The van der Waals surface area contributed by atoms with Gasteiger partial charge in [0, 0.05) is 77.4 Å². The topological polar surface area (TPSA) is 409 Å². The van der Waals surface area contributed by atoms with Gasteiger partial charge >= 0.3 is 5.79 Å². The Bertz CT molecular complexity index is 3610. The lowest BCUT2D eigenvalue weighted by Crippen LogP contribution is -2.63. The average Bonchev–Trinajstić information content (AvgIpc) is 1.54. The predicted molar refractivity (Wildman–Crippen MR) is 452 cm³/mol. The number of Topliss-reactive ketones (excluding diaryl/α,β-unsaturated/α-hetero) is 4. The van der Waals surface area contributed by atoms with E-state index >= 15 is 0 Å². The normalized spacial score (nSPS) is 21.1. The molecule has 30 heteroatoms. The van der Waals surface area contributed by atoms with Gasteiger partial charge in [0.1, 0.15) is 47.8 Å². The summed E-state index contributed by atoms with van der Waals surface area (Å²) in [7, 11) is 6.06. The zero-order valence-electron chi connectivity index (χ0n) is 75.6. The summed E-state index contributed by atoms with van der Waals surface area (Å²) in [5.74, 6) is -9.81. The number of allylic oxidation sites excluding steroid dienone is 2. The van der Waals surface area contributed by atoms with Crippen LogP contribution in [-0.4, -0.2) is 252 Å². The molecule has 10 amide bonds. The minimum Gasteiger partial charge on any atom is -0.511 e. The van der Waals surface area contributed by atoms with E-state index in [9.17, 15) is 87.5 Å². The first kappa shape index (κ1) is 106. The maximum Gasteiger partial charge on any atom is 0.309 e. The summed E-state index contributed by atoms with van der Waals surface area (Å²) in [4.78, 5) is 186. The highest BCUT2D eigenvalue weighted by Crippen LogP contribution is 2.35. The Morgan fingerprint density at radius 1 is 0.686 bits per heavy atom. The lowest BCUT2D eigenvalue weighted by Gasteiger charge is -2.41. The molecule has 0 radical (unpaired) electrons. The molecular weight excluding hydrogens is 1520 g/mol. The second kappa shape index (κ2) is 48.7. The van der Waals surface area contributed by atoms with Crippen LogP contribution >= 0.6 is 0 Å². The summed E-state index contributed by atoms with van der Waals surface area (Å²) >= 11 is 0. The molecule has 4 fully saturated rings. The van der Waals surface area contributed by atoms with Crippen LogP contribution in [0.5, 0.6) is 5.75 Å². The molecule has 14 atom stereocenters. The molecule has 9 N–H and O–H groups in total. The third-order valence-electron chi connectivity index (χ3n) is 23.0. The van der Waals surface area contributed by atoms with Gasteiger partial charge in [-0.05, 0) is 151 Å². The number of piperidine rings is 1. The number of likely N-dealkylation sites (N-methyl/N-ethyl adjacent to an activating group) is 4. The van der Waals surface area contributed by atoms with Crippen molar-refractivity contribution in [3.63, 3.8) is 0 Å². The molecule has 1 aromatic carbocycles. The van der Waals surface area contributed by atoms with Crippen LogP contribution in [0.15, 0.2) is 48.8 Å². The zero-order chi connectivity index (χ0) is 90.6. The van der Waals surface area contributed by atoms with E-state index in [1.165, 1.54) is 69.6 Å². The van der Waals surface area contributed by atoms with Crippen molar-refractivity contribution in [2.75, 3.05) is 47.8 Å². The third-order valence-corrected chi connectivity index (χ3v) is 23.0. The molecular formula is C88H147N11O19. The standard InChI is InChI=1S/C32H59N5O6.C24H36N4O5.C17H27NO5.C15H25NO3/c1-14-16-17-22(9)27(38)26(29(40)34-23(15-2)28(39)33-10)37(13)32(43)25(20(5)6)36(12)31(42)24(18-19(3)4)35(11)30(41)21(7)8;1-14(2)21(26-22(31)15(3)4)23(32)25-20(13-17-8-6-9-18(30)12-17)24(33)28-11-7-10-19(27-28)16(5)29;1-10(2)14-8-7-11(3)15(20)17(22,23-14)16(21)18-9-5-6-13(18)12(4)19;1-10(2)15(4,5)13(18)14(19)16-9-7-6-8-12(16)11(3)17/h14,16,19-27,38H,15,17-18H2,1-13H3,(H,33,39)(H,34,40);6,8-9,12,14-15,19-21,27,29-30H,5,7,10-11,13H2,1-4H3,(H,25,32)(H,26,31);10-11,13-14,22H,5-9H2,1-4H3;10,12H,6-9H2,1-5H3/b16-14+;;;/t22-,23?,24+,25+,26+,27-;19?,20-,21-;11-,13+,14?,17?;12-/m1010/s1. The number of rotatable bonds is 33. The van der Waals surface area contributed by atoms with Crippen molar-refractivity contribution in [2.45, 2.75) is 308 Å². The van der Waals surface area contributed by atoms with Crippen molar-refractivity contribution in [1.82, 2.24) is 56.2 Å². The lowest BCUT2D eigenvalue weighted by molar-refractivity contribution is -0.231. The van der Waals surface area contributed by atoms with Crippen LogP contribution in [0.2, 0.25) is 0 Å². The summed E-state index contributed by atoms with van der Waals surface area (Å²) in [6, 6.07) is -0.632. The van der Waals surface area contributed by atoms with Gasteiger partial charge in [-0.2, -0.15) is 0 Å². The minimum atomic E-state index is -2.47. The first-order valence-electron chi connectivity index (χ1n) is 42.3. The molecule has 4 aliphatic rings. The third kappa shape index (κ3) is 29.7. The average molecular weight is 1660 g/mol. The number of aliphatic hydroxyl groups is 3. The number of carbonyl (C=O) groups is 14. The van der Waals surface area contributed by atoms with E-state index in [2.05, 4.69) is 33.3 Å². The van der Waals surface area contributed by atoms with Crippen molar-refractivity contribution in [3.8, 4) is 5.75 Å². The molecule has 668 valence electrons. The van der Waals surface area contributed by atoms with Crippen LogP contribution in [0.3, 0.4) is 0 Å². The largest absolute Gasteiger partial charge is 0.511 e. The molecule has 5 rings (SSSR count). The number of ketones is 4.